The molecular formula is C23H26N2O4. The van der Waals surface area contributed by atoms with Gasteiger partial charge in [-0.3, -0.25) is 4.79 Å². The summed E-state index contributed by atoms with van der Waals surface area (Å²) in [6.07, 6.45) is 3.94. The van der Waals surface area contributed by atoms with Gasteiger partial charge in [0.15, 0.2) is 0 Å². The number of carbonyl (C=O) groups is 1. The van der Waals surface area contributed by atoms with Gasteiger partial charge in [-0.2, -0.15) is 0 Å². The largest absolute Gasteiger partial charge is 0.491 e. The standard InChI is InChI=1S/C23H26N2O4/c1-16-12-22(17(2)25(16)14-20-8-4-10-27-20)23(26)24-18-6-3-7-19(13-18)29-15-21-9-5-11-28-21/h3-4,6-8,10,12-13,21H,5,9,11,14-15H2,1-2H3,(H,24,26)/t21-/m1/s1. The molecular weight excluding hydrogens is 368 g/mol. The number of nitrogens with one attached hydrogen (secondary N) is 1. The minimum Gasteiger partial charge on any atom is -0.491 e. The van der Waals surface area contributed by atoms with Gasteiger partial charge >= 0.3 is 0 Å². The maximum absolute atomic E-state index is 12.9. The second-order valence-corrected chi connectivity index (χ2v) is 7.38. The third-order valence-electron chi connectivity index (χ3n) is 5.26. The van der Waals surface area contributed by atoms with Gasteiger partial charge in [0, 0.05) is 29.7 Å². The van der Waals surface area contributed by atoms with Gasteiger partial charge in [-0.25, -0.2) is 0 Å². The van der Waals surface area contributed by atoms with Crippen LogP contribution in [0.25, 0.3) is 0 Å². The molecule has 1 N–H and O–H groups in total. The molecule has 0 radical (unpaired) electrons. The summed E-state index contributed by atoms with van der Waals surface area (Å²) in [7, 11) is 0. The number of furan rings is 1. The van der Waals surface area contributed by atoms with Crippen LogP contribution in [0.1, 0.15) is 40.3 Å². The average Bonchev–Trinajstić information content (AvgIpc) is 3.46. The zero-order valence-corrected chi connectivity index (χ0v) is 16.8. The minimum absolute atomic E-state index is 0.139. The van der Waals surface area contributed by atoms with E-state index in [1.54, 1.807) is 6.26 Å². The molecule has 1 aliphatic heterocycles. The van der Waals surface area contributed by atoms with Crippen LogP contribution in [-0.2, 0) is 11.3 Å². The summed E-state index contributed by atoms with van der Waals surface area (Å²) in [4.78, 5) is 12.9. The van der Waals surface area contributed by atoms with Crippen LogP contribution in [0.15, 0.2) is 53.1 Å². The van der Waals surface area contributed by atoms with E-state index in [1.807, 2.05) is 56.3 Å². The van der Waals surface area contributed by atoms with Crippen molar-refractivity contribution in [2.45, 2.75) is 39.3 Å². The van der Waals surface area contributed by atoms with Gasteiger partial charge in [-0.05, 0) is 57.0 Å². The molecule has 0 bridgehead atoms. The highest BCUT2D eigenvalue weighted by Crippen LogP contribution is 2.22. The molecule has 6 heteroatoms. The molecule has 1 saturated heterocycles. The fourth-order valence-electron chi connectivity index (χ4n) is 3.66. The Labute approximate surface area is 170 Å². The van der Waals surface area contributed by atoms with Crippen LogP contribution in [0.3, 0.4) is 0 Å². The van der Waals surface area contributed by atoms with Crippen molar-refractivity contribution >= 4 is 11.6 Å². The number of rotatable bonds is 7. The van der Waals surface area contributed by atoms with Crippen LogP contribution in [0.4, 0.5) is 5.69 Å². The van der Waals surface area contributed by atoms with Crippen LogP contribution >= 0.6 is 0 Å². The van der Waals surface area contributed by atoms with Gasteiger partial charge in [0.2, 0.25) is 0 Å². The Hall–Kier alpha value is -2.99. The third-order valence-corrected chi connectivity index (χ3v) is 5.26. The van der Waals surface area contributed by atoms with Crippen LogP contribution in [0, 0.1) is 13.8 Å². The van der Waals surface area contributed by atoms with Crippen molar-refractivity contribution in [3.63, 3.8) is 0 Å². The second-order valence-electron chi connectivity index (χ2n) is 7.38. The lowest BCUT2D eigenvalue weighted by atomic mass is 10.2. The number of aryl methyl sites for hydroxylation is 1. The van der Waals surface area contributed by atoms with E-state index in [0.717, 1.165) is 42.3 Å². The van der Waals surface area contributed by atoms with Crippen molar-refractivity contribution in [3.8, 4) is 5.75 Å². The van der Waals surface area contributed by atoms with E-state index in [2.05, 4.69) is 9.88 Å². The molecule has 3 aromatic rings. The molecule has 2 aromatic heterocycles. The Morgan fingerprint density at radius 1 is 1.24 bits per heavy atom. The Kier molecular flexibility index (Phi) is 5.71. The van der Waals surface area contributed by atoms with Gasteiger partial charge in [-0.1, -0.05) is 6.07 Å². The van der Waals surface area contributed by atoms with Gasteiger partial charge in [0.1, 0.15) is 18.1 Å². The van der Waals surface area contributed by atoms with Crippen molar-refractivity contribution in [1.29, 1.82) is 0 Å². The lowest BCUT2D eigenvalue weighted by Crippen LogP contribution is -2.16. The monoisotopic (exact) mass is 394 g/mol. The predicted octanol–water partition coefficient (Wildman–Crippen LogP) is 4.56. The van der Waals surface area contributed by atoms with E-state index >= 15 is 0 Å². The number of benzene rings is 1. The molecule has 0 unspecified atom stereocenters. The van der Waals surface area contributed by atoms with Crippen molar-refractivity contribution in [2.75, 3.05) is 18.5 Å². The lowest BCUT2D eigenvalue weighted by Gasteiger charge is -2.13. The Bertz CT molecular complexity index is 969. The van der Waals surface area contributed by atoms with E-state index < -0.39 is 0 Å². The smallest absolute Gasteiger partial charge is 0.257 e. The van der Waals surface area contributed by atoms with Crippen LogP contribution < -0.4 is 10.1 Å². The van der Waals surface area contributed by atoms with Gasteiger partial charge in [0.25, 0.3) is 5.91 Å². The Morgan fingerprint density at radius 2 is 2.14 bits per heavy atom. The molecule has 6 nitrogen and oxygen atoms in total. The zero-order chi connectivity index (χ0) is 20.2. The first-order chi connectivity index (χ1) is 14.1. The Balaban J connectivity index is 1.43. The normalized spacial score (nSPS) is 16.1. The first-order valence-electron chi connectivity index (χ1n) is 9.95. The summed E-state index contributed by atoms with van der Waals surface area (Å²) in [6, 6.07) is 13.2. The Morgan fingerprint density at radius 3 is 2.90 bits per heavy atom. The van der Waals surface area contributed by atoms with Crippen LogP contribution in [0.5, 0.6) is 5.75 Å². The molecule has 1 aromatic carbocycles. The molecule has 0 aliphatic carbocycles. The maximum Gasteiger partial charge on any atom is 0.257 e. The fourth-order valence-corrected chi connectivity index (χ4v) is 3.66. The predicted molar refractivity (Wildman–Crippen MR) is 111 cm³/mol. The van der Waals surface area contributed by atoms with E-state index in [9.17, 15) is 4.79 Å². The first-order valence-corrected chi connectivity index (χ1v) is 9.95. The maximum atomic E-state index is 12.9. The van der Waals surface area contributed by atoms with Crippen molar-refractivity contribution < 1.29 is 18.7 Å². The number of hydrogen-bond donors (Lipinski definition) is 1. The molecule has 3 heterocycles. The highest BCUT2D eigenvalue weighted by atomic mass is 16.5. The van der Waals surface area contributed by atoms with E-state index in [4.69, 9.17) is 13.9 Å². The number of nitrogens with zero attached hydrogens (tertiary/aromatic N) is 1. The first kappa shape index (κ1) is 19.3. The summed E-state index contributed by atoms with van der Waals surface area (Å²) >= 11 is 0. The average molecular weight is 394 g/mol. The zero-order valence-electron chi connectivity index (χ0n) is 16.8. The van der Waals surface area contributed by atoms with E-state index in [-0.39, 0.29) is 12.0 Å². The highest BCUT2D eigenvalue weighted by Gasteiger charge is 2.18. The summed E-state index contributed by atoms with van der Waals surface area (Å²) in [5.74, 6) is 1.44. The summed E-state index contributed by atoms with van der Waals surface area (Å²) in [6.45, 7) is 5.89. The van der Waals surface area contributed by atoms with Gasteiger partial charge in [0.05, 0.1) is 24.5 Å². The summed E-state index contributed by atoms with van der Waals surface area (Å²) in [5, 5.41) is 2.98. The lowest BCUT2D eigenvalue weighted by molar-refractivity contribution is 0.0680. The van der Waals surface area contributed by atoms with Gasteiger partial charge < -0.3 is 23.8 Å². The van der Waals surface area contributed by atoms with Crippen molar-refractivity contribution in [2.24, 2.45) is 0 Å². The van der Waals surface area contributed by atoms with Crippen molar-refractivity contribution in [1.82, 2.24) is 4.57 Å². The molecule has 1 atom stereocenters. The number of ether oxygens (including phenoxy) is 2. The fraction of sp³-hybridized carbons (Fsp3) is 0.348. The number of carbonyl (C=O) groups excluding carboxylic acids is 1. The second kappa shape index (κ2) is 8.57. The number of anilines is 1. The number of aromatic nitrogens is 1. The molecule has 4 rings (SSSR count). The number of amides is 1. The molecule has 1 aliphatic rings. The highest BCUT2D eigenvalue weighted by molar-refractivity contribution is 6.05. The molecule has 29 heavy (non-hydrogen) atoms. The quantitative estimate of drug-likeness (QED) is 0.638. The topological polar surface area (TPSA) is 65.6 Å². The van der Waals surface area contributed by atoms with E-state index in [0.29, 0.717) is 24.4 Å². The van der Waals surface area contributed by atoms with Crippen molar-refractivity contribution in [3.05, 3.63) is 71.4 Å². The van der Waals surface area contributed by atoms with E-state index in [1.165, 1.54) is 0 Å². The third kappa shape index (κ3) is 4.54. The molecule has 1 fully saturated rings. The van der Waals surface area contributed by atoms with Crippen LogP contribution in [-0.4, -0.2) is 29.8 Å². The SMILES string of the molecule is Cc1cc(C(=O)Nc2cccc(OC[C@H]3CCCO3)c2)c(C)n1Cc1ccco1. The summed E-state index contributed by atoms with van der Waals surface area (Å²) < 4.78 is 18.9. The minimum atomic E-state index is -0.139. The summed E-state index contributed by atoms with van der Waals surface area (Å²) in [5.41, 5.74) is 3.27. The number of hydrogen-bond acceptors (Lipinski definition) is 4. The molecule has 1 amide bonds. The molecule has 0 spiro atoms. The van der Waals surface area contributed by atoms with Crippen LogP contribution in [0.2, 0.25) is 0 Å². The van der Waals surface area contributed by atoms with Gasteiger partial charge in [-0.15, -0.1) is 0 Å². The molecule has 152 valence electrons. The molecule has 0 saturated carbocycles.